The highest BCUT2D eigenvalue weighted by atomic mass is 32.2. The van der Waals surface area contributed by atoms with Crippen molar-refractivity contribution in [2.45, 2.75) is 4.90 Å². The van der Waals surface area contributed by atoms with Crippen LogP contribution in [-0.4, -0.2) is 57.2 Å². The lowest BCUT2D eigenvalue weighted by atomic mass is 10.0. The molecule has 0 fully saturated rings. The van der Waals surface area contributed by atoms with E-state index in [-0.39, 0.29) is 27.6 Å². The van der Waals surface area contributed by atoms with Gasteiger partial charge < -0.3 is 25.0 Å². The second kappa shape index (κ2) is 11.0. The number of benzene rings is 4. The van der Waals surface area contributed by atoms with E-state index in [0.29, 0.717) is 28.0 Å². The van der Waals surface area contributed by atoms with Crippen molar-refractivity contribution in [1.82, 2.24) is 4.31 Å². The number of azo groups is 1. The summed E-state index contributed by atoms with van der Waals surface area (Å²) in [6.07, 6.45) is 0. The Morgan fingerprint density at radius 2 is 1.67 bits per heavy atom. The number of phenolic OH excluding ortho intramolecular Hbond substituents is 2. The van der Waals surface area contributed by atoms with Crippen molar-refractivity contribution in [3.05, 3.63) is 72.3 Å². The first-order valence-electron chi connectivity index (χ1n) is 11.5. The number of phenols is 2. The number of anilines is 1. The molecule has 0 aliphatic rings. The summed E-state index contributed by atoms with van der Waals surface area (Å²) in [5.41, 5.74) is 0.0376. The van der Waals surface area contributed by atoms with Crippen LogP contribution in [-0.2, 0) is 10.0 Å². The van der Waals surface area contributed by atoms with Crippen molar-refractivity contribution in [2.24, 2.45) is 10.2 Å². The number of rotatable bonds is 8. The second-order valence-electron chi connectivity index (χ2n) is 8.50. The zero-order valence-electron chi connectivity index (χ0n) is 21.5. The predicted molar refractivity (Wildman–Crippen MR) is 146 cm³/mol. The number of methoxy groups -OCH3 is 2. The summed E-state index contributed by atoms with van der Waals surface area (Å²) in [6.45, 7) is 0. The fourth-order valence-electron chi connectivity index (χ4n) is 3.75. The van der Waals surface area contributed by atoms with Crippen LogP contribution in [0.2, 0.25) is 0 Å². The van der Waals surface area contributed by atoms with Crippen molar-refractivity contribution in [3.63, 3.8) is 0 Å². The van der Waals surface area contributed by atoms with Crippen molar-refractivity contribution >= 4 is 43.8 Å². The minimum Gasteiger partial charge on any atom is -0.506 e. The van der Waals surface area contributed by atoms with Gasteiger partial charge in [-0.25, -0.2) is 12.7 Å². The average molecular weight is 551 g/mol. The summed E-state index contributed by atoms with van der Waals surface area (Å²) >= 11 is 0. The Morgan fingerprint density at radius 1 is 0.923 bits per heavy atom. The van der Waals surface area contributed by atoms with Crippen molar-refractivity contribution < 1.29 is 32.9 Å². The number of carbonyl (C=O) groups is 1. The highest BCUT2D eigenvalue weighted by Crippen LogP contribution is 2.41. The van der Waals surface area contributed by atoms with Crippen molar-refractivity contribution in [3.8, 4) is 23.0 Å². The number of hydrogen-bond donors (Lipinski definition) is 3. The molecule has 1 amide bonds. The van der Waals surface area contributed by atoms with Gasteiger partial charge in [-0.05, 0) is 41.8 Å². The molecule has 0 saturated heterocycles. The fourth-order valence-corrected chi connectivity index (χ4v) is 4.67. The standard InChI is InChI=1S/C27H26N4O7S/c1-31(2)39(35,36)18-10-11-23(32)21(15-18)29-30-25-19-8-6-5-7-16(19)13-20(26(25)33)27(34)28-22-14-17(37-3)9-12-24(22)38-4/h5-15,32-33H,1-4H3,(H,28,34). The van der Waals surface area contributed by atoms with Crippen LogP contribution in [0.5, 0.6) is 23.0 Å². The number of aromatic hydroxyl groups is 2. The largest absolute Gasteiger partial charge is 0.506 e. The highest BCUT2D eigenvalue weighted by Gasteiger charge is 2.21. The van der Waals surface area contributed by atoms with E-state index in [1.54, 1.807) is 42.5 Å². The summed E-state index contributed by atoms with van der Waals surface area (Å²) in [6, 6.07) is 16.9. The molecule has 4 aromatic rings. The van der Waals surface area contributed by atoms with E-state index in [2.05, 4.69) is 15.5 Å². The number of nitrogens with zero attached hydrogens (tertiary/aromatic N) is 3. The number of nitrogens with one attached hydrogen (secondary N) is 1. The molecular weight excluding hydrogens is 524 g/mol. The van der Waals surface area contributed by atoms with Gasteiger partial charge in [0.2, 0.25) is 10.0 Å². The quantitative estimate of drug-likeness (QED) is 0.256. The molecule has 0 radical (unpaired) electrons. The second-order valence-corrected chi connectivity index (χ2v) is 10.7. The zero-order chi connectivity index (χ0) is 28.3. The van der Waals surface area contributed by atoms with Gasteiger partial charge in [-0.3, -0.25) is 4.79 Å². The van der Waals surface area contributed by atoms with E-state index in [4.69, 9.17) is 9.47 Å². The Hall–Kier alpha value is -4.68. The third-order valence-corrected chi connectivity index (χ3v) is 7.69. The molecule has 0 bridgehead atoms. The highest BCUT2D eigenvalue weighted by molar-refractivity contribution is 7.89. The van der Waals surface area contributed by atoms with Crippen LogP contribution >= 0.6 is 0 Å². The minimum atomic E-state index is -3.80. The summed E-state index contributed by atoms with van der Waals surface area (Å²) < 4.78 is 36.6. The lowest BCUT2D eigenvalue weighted by molar-refractivity contribution is 0.102. The molecule has 0 heterocycles. The van der Waals surface area contributed by atoms with Gasteiger partial charge in [-0.2, -0.15) is 0 Å². The van der Waals surface area contributed by atoms with Gasteiger partial charge in [-0.15, -0.1) is 10.2 Å². The molecule has 0 aromatic heterocycles. The first-order valence-corrected chi connectivity index (χ1v) is 13.0. The maximum absolute atomic E-state index is 13.3. The van der Waals surface area contributed by atoms with E-state index < -0.39 is 21.7 Å². The van der Waals surface area contributed by atoms with Crippen LogP contribution in [0.25, 0.3) is 10.8 Å². The molecule has 202 valence electrons. The third kappa shape index (κ3) is 5.47. The average Bonchev–Trinajstić information content (AvgIpc) is 2.92. The first kappa shape index (κ1) is 27.4. The molecule has 4 rings (SSSR count). The Labute approximate surface area is 225 Å². The number of fused-ring (bicyclic) bond motifs is 1. The summed E-state index contributed by atoms with van der Waals surface area (Å²) in [5, 5.41) is 33.3. The van der Waals surface area contributed by atoms with E-state index in [9.17, 15) is 23.4 Å². The first-order chi connectivity index (χ1) is 18.6. The maximum atomic E-state index is 13.3. The molecule has 4 aromatic carbocycles. The molecule has 12 heteroatoms. The summed E-state index contributed by atoms with van der Waals surface area (Å²) in [7, 11) is 1.90. The molecule has 3 N–H and O–H groups in total. The lowest BCUT2D eigenvalue weighted by Gasteiger charge is -2.14. The molecule has 39 heavy (non-hydrogen) atoms. The van der Waals surface area contributed by atoms with Crippen molar-refractivity contribution in [1.29, 1.82) is 0 Å². The summed E-state index contributed by atoms with van der Waals surface area (Å²) in [5.74, 6) is -0.565. The van der Waals surface area contributed by atoms with Crippen LogP contribution in [0.15, 0.2) is 81.9 Å². The number of carbonyl (C=O) groups excluding carboxylic acids is 1. The minimum absolute atomic E-state index is 0.0453. The Balaban J connectivity index is 1.80. The van der Waals surface area contributed by atoms with Gasteiger partial charge >= 0.3 is 0 Å². The van der Waals surface area contributed by atoms with Crippen LogP contribution < -0.4 is 14.8 Å². The Kier molecular flexibility index (Phi) is 7.70. The third-order valence-electron chi connectivity index (χ3n) is 5.88. The predicted octanol–water partition coefficient (Wildman–Crippen LogP) is 5.19. The molecule has 0 saturated carbocycles. The van der Waals surface area contributed by atoms with E-state index in [0.717, 1.165) is 4.31 Å². The van der Waals surface area contributed by atoms with Gasteiger partial charge in [0.25, 0.3) is 5.91 Å². The van der Waals surface area contributed by atoms with Gasteiger partial charge in [0.1, 0.15) is 28.6 Å². The van der Waals surface area contributed by atoms with Gasteiger partial charge in [0.15, 0.2) is 5.75 Å². The molecule has 0 unspecified atom stereocenters. The van der Waals surface area contributed by atoms with Gasteiger partial charge in [0, 0.05) is 25.5 Å². The van der Waals surface area contributed by atoms with E-state index >= 15 is 0 Å². The van der Waals surface area contributed by atoms with Gasteiger partial charge in [-0.1, -0.05) is 24.3 Å². The summed E-state index contributed by atoms with van der Waals surface area (Å²) in [4.78, 5) is 13.2. The lowest BCUT2D eigenvalue weighted by Crippen LogP contribution is -2.22. The maximum Gasteiger partial charge on any atom is 0.259 e. The molecule has 0 atom stereocenters. The normalized spacial score (nSPS) is 11.7. The monoisotopic (exact) mass is 550 g/mol. The van der Waals surface area contributed by atoms with Crippen molar-refractivity contribution in [2.75, 3.05) is 33.6 Å². The van der Waals surface area contributed by atoms with Crippen LogP contribution in [0.3, 0.4) is 0 Å². The van der Waals surface area contributed by atoms with Crippen LogP contribution in [0.1, 0.15) is 10.4 Å². The number of sulfonamides is 1. The molecule has 0 aliphatic carbocycles. The van der Waals surface area contributed by atoms with Gasteiger partial charge in [0.05, 0.1) is 30.4 Å². The zero-order valence-corrected chi connectivity index (χ0v) is 22.4. The van der Waals surface area contributed by atoms with Crippen LogP contribution in [0, 0.1) is 0 Å². The number of amides is 1. The molecular formula is C27H26N4O7S. The smallest absolute Gasteiger partial charge is 0.259 e. The number of hydrogen-bond acceptors (Lipinski definition) is 9. The molecule has 0 spiro atoms. The SMILES string of the molecule is COc1ccc(OC)c(NC(=O)c2cc3ccccc3c(N=Nc3cc(S(=O)(=O)N(C)C)ccc3O)c2O)c1. The fraction of sp³-hybridized carbons (Fsp3) is 0.148. The van der Waals surface area contributed by atoms with Crippen LogP contribution in [0.4, 0.5) is 17.1 Å². The molecule has 0 aliphatic heterocycles. The number of ether oxygens (including phenoxy) is 2. The topological polar surface area (TPSA) is 150 Å². The van der Waals surface area contributed by atoms with E-state index in [1.807, 2.05) is 0 Å². The van der Waals surface area contributed by atoms with E-state index in [1.165, 1.54) is 52.6 Å². The Bertz CT molecular complexity index is 1700. The Morgan fingerprint density at radius 3 is 2.36 bits per heavy atom. The molecule has 11 nitrogen and oxygen atoms in total.